The summed E-state index contributed by atoms with van der Waals surface area (Å²) >= 11 is 0. The zero-order valence-corrected chi connectivity index (χ0v) is 3.41. The number of hydrogen-bond donors (Lipinski definition) is 0. The van der Waals surface area contributed by atoms with Crippen LogP contribution in [0.3, 0.4) is 0 Å². The first kappa shape index (κ1) is 968. The van der Waals surface area contributed by atoms with Crippen LogP contribution in [0.2, 0.25) is 0 Å². The third-order valence-electron chi connectivity index (χ3n) is 0. The molecule has 0 spiro atoms. The Hall–Kier alpha value is 1.08. The zero-order valence-electron chi connectivity index (χ0n) is 5.41. The van der Waals surface area contributed by atoms with Crippen molar-refractivity contribution in [1.82, 2.24) is 0 Å². The molecule has 0 aromatic carbocycles. The van der Waals surface area contributed by atoms with Gasteiger partial charge in [-0.05, 0) is 0 Å². The Labute approximate surface area is 98.4 Å². The molecular weight excluding hydrogens is 92.1 g/mol. The molecule has 0 saturated heterocycles. The Morgan fingerprint density at radius 2 is 0.500 bits per heavy atom. The van der Waals surface area contributed by atoms with Crippen LogP contribution in [0.15, 0.2) is 0 Å². The molecule has 0 radical (unpaired) electrons. The molecule has 0 aromatic rings. The molecule has 0 heterocycles. The van der Waals surface area contributed by atoms with Crippen molar-refractivity contribution in [2.75, 3.05) is 0 Å². The maximum atomic E-state index is 0. The predicted octanol–water partition coefficient (Wildman–Crippen LogP) is -3.77. The van der Waals surface area contributed by atoms with Gasteiger partial charge in [0.25, 0.3) is 0 Å². The van der Waals surface area contributed by atoms with Gasteiger partial charge in [0.1, 0.15) is 0 Å². The molecule has 0 aliphatic heterocycles. The summed E-state index contributed by atoms with van der Waals surface area (Å²) in [5, 5.41) is 0. The van der Waals surface area contributed by atoms with Crippen LogP contribution in [0.5, 0.6) is 0 Å². The Kier molecular flexibility index (Phi) is 69200. The van der Waals surface area contributed by atoms with Gasteiger partial charge in [-0.25, -0.2) is 0 Å². The molecule has 5 heteroatoms. The normalized spacial score (nSPS) is 0. The van der Waals surface area contributed by atoms with Crippen molar-refractivity contribution in [2.45, 2.75) is 37.1 Å². The molecule has 10 heavy (non-hydrogen) atoms. The summed E-state index contributed by atoms with van der Waals surface area (Å²) in [5.41, 5.74) is 0. The molecule has 0 aliphatic carbocycles. The van der Waals surface area contributed by atoms with E-state index in [0.717, 1.165) is 0 Å². The van der Waals surface area contributed by atoms with Gasteiger partial charge in [-0.3, -0.25) is 0 Å². The summed E-state index contributed by atoms with van der Waals surface area (Å²) in [7, 11) is 0. The standard InChI is InChI=1S/5CH4.BH3.2He.2Li.2H/h5*1H4;1H3;;;;;;/q;;;;;;;;2*+1;2*-1/i;;;;;1-1;4*1+0;;. The smallest absolute Gasteiger partial charge is 1.00 e. The van der Waals surface area contributed by atoms with E-state index in [-0.39, 0.29) is 98.4 Å². The molecule has 54 valence electrons. The quantitative estimate of drug-likeness (QED) is 0.286. The van der Waals surface area contributed by atoms with E-state index in [9.17, 15) is 0 Å². The van der Waals surface area contributed by atoms with Crippen LogP contribution >= 0.6 is 0 Å². The van der Waals surface area contributed by atoms with Gasteiger partial charge in [0.05, 0.1) is 8.41 Å². The minimum Gasteiger partial charge on any atom is -1.00 e. The summed E-state index contributed by atoms with van der Waals surface area (Å²) in [6.07, 6.45) is 0. The zero-order chi connectivity index (χ0) is 0. The Morgan fingerprint density at radius 3 is 0.500 bits per heavy atom. The first-order valence-electron chi connectivity index (χ1n) is 0. The topological polar surface area (TPSA) is 0 Å². The summed E-state index contributed by atoms with van der Waals surface area (Å²) in [4.78, 5) is 0. The molecule has 0 unspecified atom stereocenters. The number of hydrogen-bond acceptors (Lipinski definition) is 0. The molecule has 0 aliphatic rings. The average Bonchev–Trinajstić information content (AvgIpc) is 0. The molecule has 0 rings (SSSR count). The molecule has 0 N–H and O–H groups in total. The molecule has 0 nitrogen and oxygen atoms in total. The maximum Gasteiger partial charge on any atom is 1.00 e. The van der Waals surface area contributed by atoms with Gasteiger partial charge in [0, 0.05) is 12.3 Å². The van der Waals surface area contributed by atoms with E-state index < -0.39 is 0 Å². The van der Waals surface area contributed by atoms with Gasteiger partial charge in [-0.2, -0.15) is 0 Å². The van der Waals surface area contributed by atoms with Crippen molar-refractivity contribution in [2.24, 2.45) is 0 Å². The van der Waals surface area contributed by atoms with Crippen LogP contribution in [-0.2, 0) is 0 Å². The van der Waals surface area contributed by atoms with Crippen molar-refractivity contribution in [1.29, 1.82) is 0 Å². The molecule has 0 saturated carbocycles. The molecule has 0 bridgehead atoms. The minimum absolute atomic E-state index is 0. The maximum absolute atomic E-state index is 0. The molecule has 0 atom stereocenters. The van der Waals surface area contributed by atoms with Gasteiger partial charge in [-0.15, -0.1) is 0 Å². The SMILES string of the molecule is C.C.C.C.C.[10BH3].[4He].[4He].[7Li+].[7Li+].[H-].[H-]. The third kappa shape index (κ3) is 510. The Morgan fingerprint density at radius 1 is 0.500 bits per heavy atom. The second kappa shape index (κ2) is 715. The minimum atomic E-state index is 0. The van der Waals surface area contributed by atoms with Crippen molar-refractivity contribution in [3.05, 3.63) is 0 Å². The fraction of sp³-hybridized carbons (Fsp3) is 1.00. The van der Waals surface area contributed by atoms with E-state index in [0.29, 0.717) is 0 Å². The van der Waals surface area contributed by atoms with Gasteiger partial charge < -0.3 is 2.85 Å². The second-order valence-electron chi connectivity index (χ2n) is 0. The van der Waals surface area contributed by atoms with Crippen molar-refractivity contribution >= 4 is 8.41 Å². The van der Waals surface area contributed by atoms with E-state index in [4.69, 9.17) is 0 Å². The van der Waals surface area contributed by atoms with E-state index in [1.54, 1.807) is 0 Å². The monoisotopic (exact) mass is 117 g/mol. The van der Waals surface area contributed by atoms with E-state index in [2.05, 4.69) is 0 Å². The van der Waals surface area contributed by atoms with Gasteiger partial charge in [-0.1, -0.05) is 37.1 Å². The van der Waals surface area contributed by atoms with Crippen molar-refractivity contribution in [3.8, 4) is 0 Å². The van der Waals surface area contributed by atoms with Crippen LogP contribution in [0, 0.1) is 12.3 Å². The Balaban J connectivity index is 0. The summed E-state index contributed by atoms with van der Waals surface area (Å²) in [6.45, 7) is 0. The average molecular weight is 117 g/mol. The molecule has 0 fully saturated rings. The summed E-state index contributed by atoms with van der Waals surface area (Å²) < 4.78 is 0. The van der Waals surface area contributed by atoms with Crippen molar-refractivity contribution < 1.29 is 52.9 Å². The summed E-state index contributed by atoms with van der Waals surface area (Å²) in [6, 6.07) is 0. The molecule has 0 amide bonds. The van der Waals surface area contributed by atoms with Crippen LogP contribution in [0.25, 0.3) is 0 Å². The summed E-state index contributed by atoms with van der Waals surface area (Å²) in [5.74, 6) is 0. The predicted molar refractivity (Wildman–Crippen MR) is 45.8 cm³/mol. The fourth-order valence-corrected chi connectivity index (χ4v) is 0. The second-order valence-corrected chi connectivity index (χ2v) is 0. The fourth-order valence-electron chi connectivity index (χ4n) is 0. The van der Waals surface area contributed by atoms with Gasteiger partial charge in [0.2, 0.25) is 0 Å². The molecule has 0 aromatic heterocycles. The van der Waals surface area contributed by atoms with E-state index in [1.807, 2.05) is 0 Å². The number of rotatable bonds is 0. The Bertz CT molecular complexity index is 25.4. The van der Waals surface area contributed by atoms with Crippen LogP contribution in [0.1, 0.15) is 40.0 Å². The van der Waals surface area contributed by atoms with Crippen LogP contribution in [-0.4, -0.2) is 8.41 Å². The first-order chi connectivity index (χ1) is 0. The van der Waals surface area contributed by atoms with Gasteiger partial charge in [0.15, 0.2) is 0 Å². The van der Waals surface area contributed by atoms with E-state index in [1.165, 1.54) is 0 Å². The third-order valence-corrected chi connectivity index (χ3v) is 0. The van der Waals surface area contributed by atoms with Gasteiger partial charge >= 0.3 is 37.7 Å². The van der Waals surface area contributed by atoms with Crippen molar-refractivity contribution in [3.63, 3.8) is 0 Å². The van der Waals surface area contributed by atoms with Crippen LogP contribution < -0.4 is 37.7 Å². The van der Waals surface area contributed by atoms with E-state index >= 15 is 0 Å². The largest absolute Gasteiger partial charge is 1.00 e. The molecular formula is C5H25BHe2Li2. The van der Waals surface area contributed by atoms with Crippen LogP contribution in [0.4, 0.5) is 0 Å². The first-order valence-corrected chi connectivity index (χ1v) is 0.